The molecule has 4 aliphatic heterocycles. The summed E-state index contributed by atoms with van der Waals surface area (Å²) in [6.45, 7) is 39.1. The molecule has 0 amide bonds. The first-order chi connectivity index (χ1) is 43.9. The Hall–Kier alpha value is -0.910. The molecule has 93 heavy (non-hydrogen) atoms. The van der Waals surface area contributed by atoms with E-state index in [1.807, 2.05) is 0 Å². The highest BCUT2D eigenvalue weighted by Gasteiger charge is 2.74. The third-order valence-electron chi connectivity index (χ3n) is 37.0. The van der Waals surface area contributed by atoms with Crippen molar-refractivity contribution in [2.45, 2.75) is 319 Å². The predicted octanol–water partition coefficient (Wildman–Crippen LogP) is 17.6. The Morgan fingerprint density at radius 3 is 1.82 bits per heavy atom. The largest absolute Gasteiger partial charge is 0.396 e. The Bertz CT molecular complexity index is 2810. The van der Waals surface area contributed by atoms with Crippen LogP contribution in [0.5, 0.6) is 0 Å². The molecule has 17 aliphatic rings. The van der Waals surface area contributed by atoms with Crippen molar-refractivity contribution in [3.63, 3.8) is 0 Å². The molecule has 13 aliphatic carbocycles. The van der Waals surface area contributed by atoms with Crippen LogP contribution in [0.15, 0.2) is 11.6 Å². The highest BCUT2D eigenvalue weighted by atomic mass is 16.7. The first-order valence-corrected chi connectivity index (χ1v) is 40.4. The van der Waals surface area contributed by atoms with Crippen molar-refractivity contribution in [2.75, 3.05) is 19.8 Å². The fourth-order valence-corrected chi connectivity index (χ4v) is 31.4. The van der Waals surface area contributed by atoms with E-state index >= 15 is 0 Å². The minimum atomic E-state index is -0.448. The van der Waals surface area contributed by atoms with Gasteiger partial charge in [-0.15, -0.1) is 0 Å². The number of ether oxygens (including phenoxy) is 4. The number of carbonyl (C=O) groups is 1. The second kappa shape index (κ2) is 23.3. The van der Waals surface area contributed by atoms with E-state index in [0.29, 0.717) is 111 Å². The summed E-state index contributed by atoms with van der Waals surface area (Å²) in [7, 11) is 0. The van der Waals surface area contributed by atoms with Crippen molar-refractivity contribution < 1.29 is 44.2 Å². The van der Waals surface area contributed by atoms with Gasteiger partial charge in [0.1, 0.15) is 5.78 Å². The van der Waals surface area contributed by atoms with Gasteiger partial charge in [0, 0.05) is 49.0 Å². The minimum Gasteiger partial charge on any atom is -0.396 e. The summed E-state index contributed by atoms with van der Waals surface area (Å²) in [4.78, 5) is 14.0. The molecule has 0 aromatic heterocycles. The van der Waals surface area contributed by atoms with Crippen LogP contribution < -0.4 is 0 Å². The Morgan fingerprint density at radius 2 is 1.14 bits per heavy atom. The topological polar surface area (TPSA) is 135 Å². The van der Waals surface area contributed by atoms with Crippen molar-refractivity contribution in [1.82, 2.24) is 0 Å². The average molecular weight is 1290 g/mol. The smallest absolute Gasteiger partial charge is 0.171 e. The summed E-state index contributed by atoms with van der Waals surface area (Å²) >= 11 is 0. The van der Waals surface area contributed by atoms with Crippen LogP contribution >= 0.6 is 0 Å². The normalized spacial score (nSPS) is 60.0. The maximum atomic E-state index is 14.0. The quantitative estimate of drug-likeness (QED) is 0.189. The molecule has 0 bridgehead atoms. The molecule has 17 rings (SSSR count). The molecule has 12 saturated carbocycles. The van der Waals surface area contributed by atoms with Gasteiger partial charge < -0.3 is 39.4 Å². The van der Waals surface area contributed by atoms with Gasteiger partial charge in [0.15, 0.2) is 11.6 Å². The first kappa shape index (κ1) is 67.9. The standard InChI is InChI=1S/C30H52O2.C27H42O4.C27H42O3/c1-18-16-20(17-31)21-10-14-29(6)22(26(21)19(18)2)8-9-24-28(5)13-12-25(32)27(3,4)23(28)11-15-30(24,29)7;1-15-7-10-27(30-14-15)16(2)24-22(31-27)12-21-19-6-5-17-11-18(28)8-9-25(17,3)20(19)13-23(29)26(21,24)4;1-16-7-12-27(29-15-16)17(2)24-23(30-27)14-22-20-6-5-18-13-19(28)8-10-25(18,3)21(20)9-11-26(22,24)4/h18-26,31-32H,8-17H2,1-7H3;15-22,24,28H,5-14H2,1-4H3;5,16-17,19-24,28H,6-15H2,1-4H3/t18-,19+,20+,21?,22?,23+,24-,25+,26-,28+,29-,30-;15-,16+,17+,18+,19-,20+,21+,22+,24+,25+,26-,27?;16-,17+,19+,20-,21+,22+,23+,24+,25+,26+,27?/m111/s1. The zero-order valence-electron chi connectivity index (χ0n) is 61.6. The molecule has 4 unspecified atom stereocenters. The van der Waals surface area contributed by atoms with E-state index in [-0.39, 0.29) is 52.4 Å². The van der Waals surface area contributed by atoms with Gasteiger partial charge in [0.05, 0.1) is 43.7 Å². The molecule has 0 aromatic rings. The van der Waals surface area contributed by atoms with Gasteiger partial charge in [-0.25, -0.2) is 0 Å². The lowest BCUT2D eigenvalue weighted by molar-refractivity contribution is -0.272. The highest BCUT2D eigenvalue weighted by molar-refractivity contribution is 5.87. The molecule has 0 radical (unpaired) electrons. The van der Waals surface area contributed by atoms with E-state index in [4.69, 9.17) is 18.9 Å². The van der Waals surface area contributed by atoms with Crippen LogP contribution in [0.2, 0.25) is 0 Å². The second-order valence-electron chi connectivity index (χ2n) is 40.5. The second-order valence-corrected chi connectivity index (χ2v) is 40.5. The molecule has 2 spiro atoms. The summed E-state index contributed by atoms with van der Waals surface area (Å²) in [5, 5.41) is 41.7. The molecule has 4 saturated heterocycles. The van der Waals surface area contributed by atoms with E-state index in [9.17, 15) is 25.2 Å². The molecule has 9 heteroatoms. The van der Waals surface area contributed by atoms with Gasteiger partial charge in [-0.1, -0.05) is 116 Å². The zero-order valence-corrected chi connectivity index (χ0v) is 61.6. The van der Waals surface area contributed by atoms with E-state index in [1.165, 1.54) is 103 Å². The van der Waals surface area contributed by atoms with Gasteiger partial charge in [0.2, 0.25) is 0 Å². The van der Waals surface area contributed by atoms with Gasteiger partial charge in [-0.05, 0) is 299 Å². The van der Waals surface area contributed by atoms with Gasteiger partial charge in [-0.2, -0.15) is 0 Å². The number of aliphatic hydroxyl groups excluding tert-OH is 4. The zero-order chi connectivity index (χ0) is 65.9. The van der Waals surface area contributed by atoms with E-state index in [0.717, 1.165) is 137 Å². The molecule has 4 heterocycles. The maximum absolute atomic E-state index is 14.0. The van der Waals surface area contributed by atoms with Crippen LogP contribution in [-0.2, 0) is 23.7 Å². The summed E-state index contributed by atoms with van der Waals surface area (Å²) < 4.78 is 26.5. The monoisotopic (exact) mass is 1290 g/mol. The number of aliphatic hydroxyl groups is 4. The fraction of sp³-hybridized carbons (Fsp3) is 0.964. The van der Waals surface area contributed by atoms with Crippen LogP contribution in [0, 0.1) is 168 Å². The number of ketones is 1. The Labute approximate surface area is 565 Å². The number of Topliss-reactive ketones (excluding diaryl/α,β-unsaturated/α-hetero) is 1. The number of carbonyl (C=O) groups excluding carboxylic acids is 1. The van der Waals surface area contributed by atoms with Gasteiger partial charge in [0.25, 0.3) is 0 Å². The third kappa shape index (κ3) is 9.69. The van der Waals surface area contributed by atoms with E-state index in [1.54, 1.807) is 5.57 Å². The lowest BCUT2D eigenvalue weighted by Gasteiger charge is -2.73. The third-order valence-corrected chi connectivity index (χ3v) is 37.0. The number of hydrogen-bond acceptors (Lipinski definition) is 9. The summed E-state index contributed by atoms with van der Waals surface area (Å²) in [6.07, 6.45) is 34.3. The summed E-state index contributed by atoms with van der Waals surface area (Å²) in [5.74, 6) is 13.3. The molecule has 16 fully saturated rings. The Morgan fingerprint density at radius 1 is 0.505 bits per heavy atom. The first-order valence-electron chi connectivity index (χ1n) is 40.4. The van der Waals surface area contributed by atoms with E-state index in [2.05, 4.69) is 110 Å². The van der Waals surface area contributed by atoms with Crippen LogP contribution in [-0.4, -0.2) is 88.1 Å². The summed E-state index contributed by atoms with van der Waals surface area (Å²) in [6, 6.07) is 0. The lowest BCUT2D eigenvalue weighted by atomic mass is 9.32. The molecular weight excluding hydrogens is 1150 g/mol. The van der Waals surface area contributed by atoms with Crippen molar-refractivity contribution in [3.05, 3.63) is 11.6 Å². The Kier molecular flexibility index (Phi) is 17.0. The lowest BCUT2D eigenvalue weighted by Crippen LogP contribution is -2.66. The fourth-order valence-electron chi connectivity index (χ4n) is 31.4. The molecule has 526 valence electrons. The molecule has 35 atom stereocenters. The van der Waals surface area contributed by atoms with Crippen molar-refractivity contribution in [3.8, 4) is 0 Å². The van der Waals surface area contributed by atoms with E-state index < -0.39 is 5.79 Å². The number of allylic oxidation sites excluding steroid dienone is 1. The van der Waals surface area contributed by atoms with Crippen LogP contribution in [0.3, 0.4) is 0 Å². The van der Waals surface area contributed by atoms with Gasteiger partial charge >= 0.3 is 0 Å². The number of fused-ring (bicyclic) bond motifs is 21. The van der Waals surface area contributed by atoms with Crippen LogP contribution in [0.25, 0.3) is 0 Å². The number of hydrogen-bond donors (Lipinski definition) is 4. The van der Waals surface area contributed by atoms with Crippen LogP contribution in [0.4, 0.5) is 0 Å². The molecular formula is C84H136O9. The molecule has 0 aromatic carbocycles. The number of rotatable bonds is 1. The van der Waals surface area contributed by atoms with Crippen LogP contribution in [0.1, 0.15) is 277 Å². The van der Waals surface area contributed by atoms with Gasteiger partial charge in [-0.3, -0.25) is 4.79 Å². The van der Waals surface area contributed by atoms with Crippen molar-refractivity contribution in [2.24, 2.45) is 168 Å². The molecule has 9 nitrogen and oxygen atoms in total. The minimum absolute atomic E-state index is 0.0470. The molecule has 4 N–H and O–H groups in total. The highest BCUT2D eigenvalue weighted by Crippen LogP contribution is 2.78. The average Bonchev–Trinajstić information content (AvgIpc) is 1.41. The SMILES string of the molecule is C[C@@H]1CCC2(OC1)O[C@H]1C[C@H]3[C@@H]4CC=C5C[C@@H](O)CC[C@]5(C)[C@H]4CC[C@]3(C)[C@H]1[C@@H]2C.C[C@@H]1CCC2(OC1)O[C@H]1C[C@H]3[C@@H]4CC[C@H]5C[C@@H](O)CC[C@]5(C)[C@H]4CC(=O)[C@]3(C)[C@H]1[C@@H]2C.C[C@@H]1[C@@H]2C(CC[C@]3(C)C2CC[C@@H]2[C@@]4(C)CC[C@H](O)C(C)(C)[C@@H]4CC[C@]23C)[C@H](CO)C[C@H]1C. The summed E-state index contributed by atoms with van der Waals surface area (Å²) in [5.41, 5.74) is 3.55. The van der Waals surface area contributed by atoms with Crippen molar-refractivity contribution in [1.29, 1.82) is 0 Å². The maximum Gasteiger partial charge on any atom is 0.171 e. The van der Waals surface area contributed by atoms with Crippen molar-refractivity contribution >= 4 is 5.78 Å². The Balaban J connectivity index is 0.000000115. The predicted molar refractivity (Wildman–Crippen MR) is 368 cm³/mol.